The fraction of sp³-hybridized carbons (Fsp3) is 0.320. The summed E-state index contributed by atoms with van der Waals surface area (Å²) in [4.78, 5) is 26.7. The molecule has 1 aliphatic rings. The first-order valence-electron chi connectivity index (χ1n) is 11.0. The molecule has 1 aliphatic heterocycles. The highest BCUT2D eigenvalue weighted by Gasteiger charge is 2.41. The molecule has 0 aliphatic carbocycles. The highest BCUT2D eigenvalue weighted by Crippen LogP contribution is 2.33. The van der Waals surface area contributed by atoms with Gasteiger partial charge in [-0.05, 0) is 41.7 Å². The number of carboxylic acids is 1. The van der Waals surface area contributed by atoms with E-state index >= 15 is 0 Å². The number of amides is 1. The van der Waals surface area contributed by atoms with Crippen molar-refractivity contribution in [3.63, 3.8) is 0 Å². The Bertz CT molecular complexity index is 1200. The normalized spacial score (nSPS) is 18.3. The molecule has 35 heavy (non-hydrogen) atoms. The van der Waals surface area contributed by atoms with Gasteiger partial charge in [-0.1, -0.05) is 36.4 Å². The van der Waals surface area contributed by atoms with Gasteiger partial charge >= 0.3 is 12.1 Å². The van der Waals surface area contributed by atoms with Crippen molar-refractivity contribution in [3.8, 4) is 11.1 Å². The number of aryl methyl sites for hydroxylation is 1. The Morgan fingerprint density at radius 3 is 2.23 bits per heavy atom. The molecule has 0 unspecified atom stereocenters. The number of alkyl halides is 3. The Morgan fingerprint density at radius 1 is 1.06 bits per heavy atom. The molecule has 2 aromatic carbocycles. The first-order valence-corrected chi connectivity index (χ1v) is 11.0. The third kappa shape index (κ3) is 5.89. The first kappa shape index (κ1) is 24.5. The predicted octanol–water partition coefficient (Wildman–Crippen LogP) is 5.66. The molecule has 0 spiro atoms. The van der Waals surface area contributed by atoms with Gasteiger partial charge in [-0.3, -0.25) is 9.59 Å². The van der Waals surface area contributed by atoms with Gasteiger partial charge in [0.25, 0.3) is 5.91 Å². The number of carbonyl (C=O) groups is 2. The SMILES string of the molecule is Cc1nc(C(=O)Nc2ccc(-c3ccc([C@@H]4CC[C@H](CC(=O)O)OC4)cc3)cc2)c(C(F)(F)F)o1. The number of aromatic nitrogens is 1. The van der Waals surface area contributed by atoms with Gasteiger partial charge in [0.05, 0.1) is 19.1 Å². The van der Waals surface area contributed by atoms with E-state index in [0.717, 1.165) is 23.1 Å². The van der Waals surface area contributed by atoms with Crippen molar-refractivity contribution in [2.45, 2.75) is 44.4 Å². The van der Waals surface area contributed by atoms with Crippen LogP contribution in [0.2, 0.25) is 0 Å². The van der Waals surface area contributed by atoms with Gasteiger partial charge in [-0.15, -0.1) is 0 Å². The van der Waals surface area contributed by atoms with E-state index in [0.29, 0.717) is 18.7 Å². The second-order valence-electron chi connectivity index (χ2n) is 8.39. The molecule has 184 valence electrons. The molecule has 0 radical (unpaired) electrons. The number of halogens is 3. The molecule has 10 heteroatoms. The maximum absolute atomic E-state index is 13.1. The van der Waals surface area contributed by atoms with Crippen molar-refractivity contribution in [1.29, 1.82) is 0 Å². The first-order chi connectivity index (χ1) is 16.6. The minimum atomic E-state index is -4.83. The van der Waals surface area contributed by atoms with Crippen LogP contribution in [0.15, 0.2) is 52.9 Å². The van der Waals surface area contributed by atoms with Crippen molar-refractivity contribution in [1.82, 2.24) is 4.98 Å². The lowest BCUT2D eigenvalue weighted by molar-refractivity contribution is -0.153. The average molecular weight is 488 g/mol. The highest BCUT2D eigenvalue weighted by atomic mass is 19.4. The maximum Gasteiger partial charge on any atom is 0.452 e. The van der Waals surface area contributed by atoms with Crippen LogP contribution >= 0.6 is 0 Å². The smallest absolute Gasteiger partial charge is 0.452 e. The van der Waals surface area contributed by atoms with E-state index in [4.69, 9.17) is 9.84 Å². The summed E-state index contributed by atoms with van der Waals surface area (Å²) in [7, 11) is 0. The Kier molecular flexibility index (Phi) is 6.93. The van der Waals surface area contributed by atoms with Crippen LogP contribution in [0, 0.1) is 6.92 Å². The number of oxazole rings is 1. The van der Waals surface area contributed by atoms with Gasteiger partial charge in [0.1, 0.15) is 0 Å². The molecule has 3 aromatic rings. The maximum atomic E-state index is 13.1. The van der Waals surface area contributed by atoms with Crippen LogP contribution in [0.3, 0.4) is 0 Å². The number of nitrogens with zero attached hydrogens (tertiary/aromatic N) is 1. The van der Waals surface area contributed by atoms with E-state index in [1.165, 1.54) is 6.92 Å². The molecule has 2 atom stereocenters. The Balaban J connectivity index is 1.39. The van der Waals surface area contributed by atoms with Crippen molar-refractivity contribution in [2.24, 2.45) is 0 Å². The standard InChI is InChI=1S/C25H23F3N2O5/c1-14-29-22(23(35-14)25(26,27)28)24(33)30-19-9-6-16(7-10-19)15-2-4-17(5-3-15)18-8-11-20(34-13-18)12-21(31)32/h2-7,9-10,18,20H,8,11-13H2,1H3,(H,30,33)(H,31,32)/t18-,20-/m1/s1. The van der Waals surface area contributed by atoms with Crippen molar-refractivity contribution in [2.75, 3.05) is 11.9 Å². The van der Waals surface area contributed by atoms with Crippen LogP contribution in [0.25, 0.3) is 11.1 Å². The molecule has 1 fully saturated rings. The quantitative estimate of drug-likeness (QED) is 0.464. The Labute approximate surface area is 198 Å². The zero-order valence-electron chi connectivity index (χ0n) is 18.8. The van der Waals surface area contributed by atoms with Crippen LogP contribution in [-0.4, -0.2) is 34.7 Å². The lowest BCUT2D eigenvalue weighted by atomic mass is 9.89. The van der Waals surface area contributed by atoms with Gasteiger partial charge in [-0.2, -0.15) is 13.2 Å². The topological polar surface area (TPSA) is 102 Å². The molecule has 7 nitrogen and oxygen atoms in total. The highest BCUT2D eigenvalue weighted by molar-refractivity contribution is 6.03. The summed E-state index contributed by atoms with van der Waals surface area (Å²) >= 11 is 0. The monoisotopic (exact) mass is 488 g/mol. The van der Waals surface area contributed by atoms with Crippen LogP contribution in [-0.2, 0) is 15.7 Å². The fourth-order valence-corrected chi connectivity index (χ4v) is 4.08. The van der Waals surface area contributed by atoms with E-state index in [9.17, 15) is 22.8 Å². The molecule has 0 saturated carbocycles. The van der Waals surface area contributed by atoms with Crippen molar-refractivity contribution < 1.29 is 37.0 Å². The number of aliphatic carboxylic acids is 1. The lowest BCUT2D eigenvalue weighted by Crippen LogP contribution is -2.26. The van der Waals surface area contributed by atoms with Crippen molar-refractivity contribution in [3.05, 3.63) is 71.4 Å². The van der Waals surface area contributed by atoms with Crippen LogP contribution in [0.5, 0.6) is 0 Å². The number of hydrogen-bond donors (Lipinski definition) is 2. The fourth-order valence-electron chi connectivity index (χ4n) is 4.08. The summed E-state index contributed by atoms with van der Waals surface area (Å²) in [6, 6.07) is 14.6. The largest absolute Gasteiger partial charge is 0.481 e. The van der Waals surface area contributed by atoms with E-state index in [-0.39, 0.29) is 24.3 Å². The van der Waals surface area contributed by atoms with Gasteiger partial charge in [0.2, 0.25) is 5.76 Å². The van der Waals surface area contributed by atoms with Crippen LogP contribution < -0.4 is 5.32 Å². The summed E-state index contributed by atoms with van der Waals surface area (Å²) in [5, 5.41) is 11.3. The number of anilines is 1. The third-order valence-corrected chi connectivity index (χ3v) is 5.84. The minimum Gasteiger partial charge on any atom is -0.481 e. The van der Waals surface area contributed by atoms with E-state index < -0.39 is 29.5 Å². The third-order valence-electron chi connectivity index (χ3n) is 5.84. The molecule has 1 aromatic heterocycles. The van der Waals surface area contributed by atoms with Crippen LogP contribution in [0.1, 0.15) is 52.9 Å². The number of nitrogens with one attached hydrogen (secondary N) is 1. The lowest BCUT2D eigenvalue weighted by Gasteiger charge is -2.28. The molecule has 0 bridgehead atoms. The molecule has 4 rings (SSSR count). The van der Waals surface area contributed by atoms with E-state index in [2.05, 4.69) is 14.7 Å². The Morgan fingerprint density at radius 2 is 1.69 bits per heavy atom. The second-order valence-corrected chi connectivity index (χ2v) is 8.39. The van der Waals surface area contributed by atoms with E-state index in [1.807, 2.05) is 24.3 Å². The van der Waals surface area contributed by atoms with Crippen LogP contribution in [0.4, 0.5) is 18.9 Å². The zero-order valence-corrected chi connectivity index (χ0v) is 18.8. The van der Waals surface area contributed by atoms with Gasteiger partial charge in [0.15, 0.2) is 11.6 Å². The summed E-state index contributed by atoms with van der Waals surface area (Å²) in [5.74, 6) is -3.34. The molecule has 1 amide bonds. The molecular formula is C25H23F3N2O5. The Hall–Kier alpha value is -3.66. The number of carbonyl (C=O) groups excluding carboxylic acids is 1. The van der Waals surface area contributed by atoms with Gasteiger partial charge < -0.3 is 19.6 Å². The summed E-state index contributed by atoms with van der Waals surface area (Å²) in [5.41, 5.74) is 2.41. The van der Waals surface area contributed by atoms with Gasteiger partial charge in [-0.25, -0.2) is 4.98 Å². The molecule has 2 N–H and O–H groups in total. The summed E-state index contributed by atoms with van der Waals surface area (Å²) in [6.45, 7) is 1.72. The van der Waals surface area contributed by atoms with E-state index in [1.54, 1.807) is 24.3 Å². The molecule has 2 heterocycles. The molecule has 1 saturated heterocycles. The minimum absolute atomic E-state index is 0.0177. The number of carboxylic acid groups (broad SMARTS) is 1. The zero-order chi connectivity index (χ0) is 25.2. The summed E-state index contributed by atoms with van der Waals surface area (Å²) in [6.07, 6.45) is -3.50. The second kappa shape index (κ2) is 9.91. The van der Waals surface area contributed by atoms with Gasteiger partial charge in [0, 0.05) is 18.5 Å². The van der Waals surface area contributed by atoms with Crippen molar-refractivity contribution >= 4 is 17.6 Å². The molecular weight excluding hydrogens is 465 g/mol. The average Bonchev–Trinajstić information content (AvgIpc) is 3.22. The number of rotatable bonds is 6. The number of hydrogen-bond acceptors (Lipinski definition) is 5. The predicted molar refractivity (Wildman–Crippen MR) is 120 cm³/mol. The number of ether oxygens (including phenoxy) is 1. The number of benzene rings is 2. The summed E-state index contributed by atoms with van der Waals surface area (Å²) < 4.78 is 49.5.